The van der Waals surface area contributed by atoms with E-state index in [4.69, 9.17) is 0 Å². The van der Waals surface area contributed by atoms with Crippen LogP contribution in [0, 0.1) is 5.41 Å². The van der Waals surface area contributed by atoms with Gasteiger partial charge in [0.1, 0.15) is 0 Å². The Morgan fingerprint density at radius 3 is 2.57 bits per heavy atom. The summed E-state index contributed by atoms with van der Waals surface area (Å²) < 4.78 is 0. The predicted octanol–water partition coefficient (Wildman–Crippen LogP) is 3.69. The third kappa shape index (κ3) is 3.64. The van der Waals surface area contributed by atoms with Crippen molar-refractivity contribution in [2.75, 3.05) is 25.0 Å². The van der Waals surface area contributed by atoms with E-state index in [2.05, 4.69) is 72.2 Å². The topological polar surface area (TPSA) is 24.1 Å². The van der Waals surface area contributed by atoms with Crippen LogP contribution in [0.4, 0.5) is 5.69 Å². The van der Waals surface area contributed by atoms with E-state index in [1.807, 2.05) is 0 Å². The lowest BCUT2D eigenvalue weighted by atomic mass is 9.89. The molecule has 0 amide bonds. The Balaban J connectivity index is 1.70. The molecule has 1 aliphatic heterocycles. The van der Waals surface area contributed by atoms with Crippen molar-refractivity contribution in [2.24, 2.45) is 5.41 Å². The Morgan fingerprint density at radius 2 is 1.81 bits per heavy atom. The van der Waals surface area contributed by atoms with Gasteiger partial charge in [-0.15, -0.1) is 0 Å². The zero-order valence-corrected chi connectivity index (χ0v) is 12.7. The lowest BCUT2D eigenvalue weighted by Gasteiger charge is -2.24. The molecule has 0 aliphatic carbocycles. The summed E-state index contributed by atoms with van der Waals surface area (Å²) in [5, 5.41) is 7.14. The maximum absolute atomic E-state index is 3.68. The number of hydrogen-bond donors (Lipinski definition) is 2. The summed E-state index contributed by atoms with van der Waals surface area (Å²) in [5.74, 6) is 0. The fourth-order valence-corrected chi connectivity index (χ4v) is 2.99. The maximum Gasteiger partial charge on any atom is 0.0376 e. The molecule has 110 valence electrons. The van der Waals surface area contributed by atoms with E-state index in [1.165, 1.54) is 23.2 Å². The molecule has 1 fully saturated rings. The normalized spacial score (nSPS) is 21.4. The van der Waals surface area contributed by atoms with E-state index in [1.54, 1.807) is 0 Å². The molecule has 0 aromatic heterocycles. The lowest BCUT2D eigenvalue weighted by molar-refractivity contribution is 0.391. The van der Waals surface area contributed by atoms with Gasteiger partial charge in [-0.2, -0.15) is 0 Å². The molecular formula is C19H24N2. The van der Waals surface area contributed by atoms with Gasteiger partial charge in [0, 0.05) is 18.8 Å². The van der Waals surface area contributed by atoms with Crippen molar-refractivity contribution in [3.05, 3.63) is 65.7 Å². The summed E-state index contributed by atoms with van der Waals surface area (Å²) >= 11 is 0. The first-order valence-corrected chi connectivity index (χ1v) is 7.82. The molecule has 2 N–H and O–H groups in total. The molecule has 1 saturated heterocycles. The van der Waals surface area contributed by atoms with E-state index < -0.39 is 0 Å². The molecule has 0 bridgehead atoms. The smallest absolute Gasteiger partial charge is 0.0376 e. The largest absolute Gasteiger partial charge is 0.384 e. The summed E-state index contributed by atoms with van der Waals surface area (Å²) in [7, 11) is 0. The van der Waals surface area contributed by atoms with Gasteiger partial charge in [-0.25, -0.2) is 0 Å². The summed E-state index contributed by atoms with van der Waals surface area (Å²) in [5.41, 5.74) is 4.38. The number of para-hydroxylation sites is 1. The second-order valence-electron chi connectivity index (χ2n) is 6.41. The van der Waals surface area contributed by atoms with Crippen LogP contribution in [0.1, 0.15) is 24.5 Å². The Kier molecular flexibility index (Phi) is 4.26. The predicted molar refractivity (Wildman–Crippen MR) is 89.8 cm³/mol. The standard InChI is InChI=1S/C19H24N2/c1-19(11-12-20-14-19)15-21-18-10-6-5-9-17(18)13-16-7-3-2-4-8-16/h2-10,20-21H,11-15H2,1H3. The molecular weight excluding hydrogens is 256 g/mol. The van der Waals surface area contributed by atoms with E-state index in [0.29, 0.717) is 5.41 Å². The van der Waals surface area contributed by atoms with Crippen LogP contribution in [0.3, 0.4) is 0 Å². The quantitative estimate of drug-likeness (QED) is 0.873. The molecule has 21 heavy (non-hydrogen) atoms. The monoisotopic (exact) mass is 280 g/mol. The van der Waals surface area contributed by atoms with Gasteiger partial charge in [0.05, 0.1) is 0 Å². The second-order valence-corrected chi connectivity index (χ2v) is 6.41. The Morgan fingerprint density at radius 1 is 1.05 bits per heavy atom. The Bertz CT molecular complexity index is 571. The zero-order chi connectivity index (χ0) is 14.5. The minimum Gasteiger partial charge on any atom is -0.384 e. The molecule has 0 radical (unpaired) electrons. The van der Waals surface area contributed by atoms with Crippen molar-refractivity contribution in [1.82, 2.24) is 5.32 Å². The second kappa shape index (κ2) is 6.31. The van der Waals surface area contributed by atoms with Gasteiger partial charge in [0.15, 0.2) is 0 Å². The van der Waals surface area contributed by atoms with Gasteiger partial charge in [-0.05, 0) is 42.0 Å². The minimum atomic E-state index is 0.375. The van der Waals surface area contributed by atoms with Crippen LogP contribution < -0.4 is 10.6 Å². The molecule has 0 saturated carbocycles. The molecule has 1 heterocycles. The number of hydrogen-bond acceptors (Lipinski definition) is 2. The maximum atomic E-state index is 3.68. The number of benzene rings is 2. The molecule has 2 aromatic rings. The molecule has 0 spiro atoms. The molecule has 1 aliphatic rings. The van der Waals surface area contributed by atoms with Crippen molar-refractivity contribution < 1.29 is 0 Å². The van der Waals surface area contributed by atoms with E-state index in [0.717, 1.165) is 26.1 Å². The number of anilines is 1. The first-order chi connectivity index (χ1) is 10.3. The van der Waals surface area contributed by atoms with Crippen LogP contribution >= 0.6 is 0 Å². The van der Waals surface area contributed by atoms with Gasteiger partial charge in [0.25, 0.3) is 0 Å². The van der Waals surface area contributed by atoms with Gasteiger partial charge >= 0.3 is 0 Å². The van der Waals surface area contributed by atoms with Crippen LogP contribution in [0.5, 0.6) is 0 Å². The molecule has 2 aromatic carbocycles. The van der Waals surface area contributed by atoms with E-state index >= 15 is 0 Å². The Hall–Kier alpha value is -1.80. The molecule has 2 heteroatoms. The van der Waals surface area contributed by atoms with Crippen LogP contribution in [0.2, 0.25) is 0 Å². The zero-order valence-electron chi connectivity index (χ0n) is 12.7. The van der Waals surface area contributed by atoms with Crippen LogP contribution in [-0.2, 0) is 6.42 Å². The molecule has 2 nitrogen and oxygen atoms in total. The summed E-state index contributed by atoms with van der Waals surface area (Å²) in [4.78, 5) is 0. The van der Waals surface area contributed by atoms with Gasteiger partial charge in [-0.1, -0.05) is 55.5 Å². The van der Waals surface area contributed by atoms with Crippen LogP contribution in [0.25, 0.3) is 0 Å². The molecule has 3 rings (SSSR count). The number of nitrogens with one attached hydrogen (secondary N) is 2. The fraction of sp³-hybridized carbons (Fsp3) is 0.368. The number of rotatable bonds is 5. The highest BCUT2D eigenvalue weighted by Gasteiger charge is 2.28. The van der Waals surface area contributed by atoms with Gasteiger partial charge in [0.2, 0.25) is 0 Å². The first-order valence-electron chi connectivity index (χ1n) is 7.82. The third-order valence-corrected chi connectivity index (χ3v) is 4.42. The fourth-order valence-electron chi connectivity index (χ4n) is 2.99. The molecule has 1 unspecified atom stereocenters. The summed E-state index contributed by atoms with van der Waals surface area (Å²) in [6.07, 6.45) is 2.24. The summed E-state index contributed by atoms with van der Waals surface area (Å²) in [6, 6.07) is 19.3. The van der Waals surface area contributed by atoms with Crippen molar-refractivity contribution in [3.8, 4) is 0 Å². The molecule has 1 atom stereocenters. The van der Waals surface area contributed by atoms with Crippen molar-refractivity contribution in [3.63, 3.8) is 0 Å². The SMILES string of the molecule is CC1(CNc2ccccc2Cc2ccccc2)CCNC1. The average molecular weight is 280 g/mol. The van der Waals surface area contributed by atoms with Gasteiger partial charge in [-0.3, -0.25) is 0 Å². The average Bonchev–Trinajstić information content (AvgIpc) is 2.95. The van der Waals surface area contributed by atoms with Crippen molar-refractivity contribution >= 4 is 5.69 Å². The van der Waals surface area contributed by atoms with Crippen molar-refractivity contribution in [1.29, 1.82) is 0 Å². The first kappa shape index (κ1) is 14.2. The lowest BCUT2D eigenvalue weighted by Crippen LogP contribution is -2.29. The highest BCUT2D eigenvalue weighted by atomic mass is 15.0. The Labute approximate surface area is 127 Å². The van der Waals surface area contributed by atoms with Gasteiger partial charge < -0.3 is 10.6 Å². The highest BCUT2D eigenvalue weighted by molar-refractivity contribution is 5.53. The van der Waals surface area contributed by atoms with Crippen molar-refractivity contribution in [2.45, 2.75) is 19.8 Å². The van der Waals surface area contributed by atoms with Crippen LogP contribution in [0.15, 0.2) is 54.6 Å². The minimum absolute atomic E-state index is 0.375. The third-order valence-electron chi connectivity index (χ3n) is 4.42. The van der Waals surface area contributed by atoms with E-state index in [9.17, 15) is 0 Å². The van der Waals surface area contributed by atoms with Crippen LogP contribution in [-0.4, -0.2) is 19.6 Å². The highest BCUT2D eigenvalue weighted by Crippen LogP contribution is 2.26. The summed E-state index contributed by atoms with van der Waals surface area (Å²) in [6.45, 7) is 5.65. The van der Waals surface area contributed by atoms with E-state index in [-0.39, 0.29) is 0 Å².